The third kappa shape index (κ3) is 15.2. The second-order valence-electron chi connectivity index (χ2n) is 16.9. The number of aryl methyl sites for hydroxylation is 2. The van der Waals surface area contributed by atoms with E-state index in [2.05, 4.69) is 261 Å². The summed E-state index contributed by atoms with van der Waals surface area (Å²) in [6.45, 7) is 29.2. The van der Waals surface area contributed by atoms with Gasteiger partial charge in [0.2, 0.25) is 0 Å². The van der Waals surface area contributed by atoms with Crippen molar-refractivity contribution in [2.75, 3.05) is 0 Å². The zero-order valence-electron chi connectivity index (χ0n) is 42.4. The van der Waals surface area contributed by atoms with Crippen LogP contribution in [0.1, 0.15) is 102 Å². The van der Waals surface area contributed by atoms with Crippen LogP contribution in [0.25, 0.3) is 55.1 Å². The van der Waals surface area contributed by atoms with Gasteiger partial charge in [0.25, 0.3) is 0 Å². The largest absolute Gasteiger partial charge is 0.261 e. The van der Waals surface area contributed by atoms with Crippen LogP contribution in [-0.4, -0.2) is 11.9 Å². The number of aliphatic imine (C=N–C) groups is 2. The quantitative estimate of drug-likeness (QED) is 0.0702. The van der Waals surface area contributed by atoms with Gasteiger partial charge in [-0.05, 0) is 119 Å². The Morgan fingerprint density at radius 1 is 0.544 bits per heavy atom. The number of allylic oxidation sites excluding steroid dienone is 2. The Hall–Kier alpha value is -7.16. The second kappa shape index (κ2) is 28.8. The molecule has 0 saturated carbocycles. The lowest BCUT2D eigenvalue weighted by Crippen LogP contribution is -2.13. The molecule has 0 fully saturated rings. The molecule has 2 nitrogen and oxygen atoms in total. The highest BCUT2D eigenvalue weighted by Gasteiger charge is 2.14. The fourth-order valence-electron chi connectivity index (χ4n) is 8.04. The Balaban J connectivity index is 0.000000216. The van der Waals surface area contributed by atoms with Crippen LogP contribution in [-0.2, 0) is 0 Å². The minimum Gasteiger partial charge on any atom is -0.261 e. The monoisotopic (exact) mass is 895 g/mol. The molecule has 8 aromatic carbocycles. The first-order valence-electron chi connectivity index (χ1n) is 24.3. The van der Waals surface area contributed by atoms with E-state index in [1.807, 2.05) is 20.1 Å². The Bertz CT molecular complexity index is 2860. The Morgan fingerprint density at radius 3 is 1.63 bits per heavy atom. The smallest absolute Gasteiger partial charge is 0.0739 e. The molecule has 8 rings (SSSR count). The highest BCUT2D eigenvalue weighted by atomic mass is 14.8. The third-order valence-electron chi connectivity index (χ3n) is 11.3. The molecule has 1 unspecified atom stereocenters. The molecule has 68 heavy (non-hydrogen) atoms. The molecule has 8 aromatic rings. The lowest BCUT2D eigenvalue weighted by molar-refractivity contribution is 0.667. The summed E-state index contributed by atoms with van der Waals surface area (Å²) in [5.41, 5.74) is 15.6. The number of hydrogen-bond acceptors (Lipinski definition) is 2. The summed E-state index contributed by atoms with van der Waals surface area (Å²) in [5.74, 6) is 0.450. The van der Waals surface area contributed by atoms with Gasteiger partial charge < -0.3 is 0 Å². The van der Waals surface area contributed by atoms with Crippen molar-refractivity contribution < 1.29 is 0 Å². The molecule has 0 aromatic heterocycles. The number of benzene rings is 8. The molecular weight excluding hydrogens is 821 g/mol. The van der Waals surface area contributed by atoms with Crippen LogP contribution >= 0.6 is 0 Å². The molecule has 0 aliphatic heterocycles. The minimum absolute atomic E-state index is 0.450. The van der Waals surface area contributed by atoms with Crippen molar-refractivity contribution in [1.29, 1.82) is 0 Å². The predicted octanol–water partition coefficient (Wildman–Crippen LogP) is 20.0. The van der Waals surface area contributed by atoms with Gasteiger partial charge >= 0.3 is 0 Å². The van der Waals surface area contributed by atoms with Crippen LogP contribution in [0, 0.1) is 19.8 Å². The van der Waals surface area contributed by atoms with Crippen molar-refractivity contribution in [2.45, 2.75) is 88.0 Å². The summed E-state index contributed by atoms with van der Waals surface area (Å²) >= 11 is 0. The van der Waals surface area contributed by atoms with Gasteiger partial charge in [-0.2, -0.15) is 0 Å². The van der Waals surface area contributed by atoms with Gasteiger partial charge in [-0.1, -0.05) is 241 Å². The van der Waals surface area contributed by atoms with E-state index in [1.165, 1.54) is 90.2 Å². The molecule has 0 bridgehead atoms. The molecule has 0 aliphatic rings. The van der Waals surface area contributed by atoms with Gasteiger partial charge in [0.05, 0.1) is 17.1 Å². The van der Waals surface area contributed by atoms with Crippen molar-refractivity contribution in [3.8, 4) is 22.3 Å². The van der Waals surface area contributed by atoms with E-state index in [9.17, 15) is 0 Å². The summed E-state index contributed by atoms with van der Waals surface area (Å²) in [4.78, 5) is 9.76. The van der Waals surface area contributed by atoms with Gasteiger partial charge in [-0.25, -0.2) is 0 Å². The van der Waals surface area contributed by atoms with Crippen LogP contribution in [0.15, 0.2) is 218 Å². The van der Waals surface area contributed by atoms with Crippen LogP contribution in [0.3, 0.4) is 0 Å². The predicted molar refractivity (Wildman–Crippen MR) is 306 cm³/mol. The van der Waals surface area contributed by atoms with Crippen LogP contribution in [0.4, 0.5) is 5.69 Å². The van der Waals surface area contributed by atoms with E-state index >= 15 is 0 Å². The standard InChI is InChI=1S/C23H19N.C22H27N.C16H16.C3H8.C2H4/c1-3-24-23-16(2)19-11-7-8-12-20(19)22-15-18(13-14-21(22)23)17-9-5-4-6-10-17;1-4-12-18(3)22(20-16-10-7-11-17-20)23-21(13-5-2)19-14-8-6-9-15-19;1-12(2)14-7-5-9-16(11-14)15-8-4-6-13(3)10-15;1-3-2;1-2/h3-15H,1-2H3;6-11,13-18H,4-5,12H2,1-3H3;4-11H,1H2,2-3H3;3H2,1-2H3;1-2H2. The van der Waals surface area contributed by atoms with Gasteiger partial charge in [0.1, 0.15) is 0 Å². The maximum Gasteiger partial charge on any atom is 0.0739 e. The number of fused-ring (bicyclic) bond motifs is 3. The first-order valence-corrected chi connectivity index (χ1v) is 24.3. The molecule has 0 saturated heterocycles. The third-order valence-corrected chi connectivity index (χ3v) is 11.3. The van der Waals surface area contributed by atoms with E-state index < -0.39 is 0 Å². The molecule has 0 amide bonds. The molecule has 0 radical (unpaired) electrons. The summed E-state index contributed by atoms with van der Waals surface area (Å²) in [6, 6.07) is 64.0. The van der Waals surface area contributed by atoms with Crippen molar-refractivity contribution in [3.63, 3.8) is 0 Å². The summed E-state index contributed by atoms with van der Waals surface area (Å²) < 4.78 is 0. The van der Waals surface area contributed by atoms with Gasteiger partial charge in [-0.15, -0.1) is 13.2 Å². The fraction of sp³-hybridized carbons (Fsp3) is 0.212. The topological polar surface area (TPSA) is 24.7 Å². The van der Waals surface area contributed by atoms with Gasteiger partial charge in [-0.3, -0.25) is 9.98 Å². The Morgan fingerprint density at radius 2 is 1.06 bits per heavy atom. The molecule has 0 heterocycles. The fourth-order valence-corrected chi connectivity index (χ4v) is 8.04. The van der Waals surface area contributed by atoms with Crippen molar-refractivity contribution >= 4 is 50.4 Å². The highest BCUT2D eigenvalue weighted by Crippen LogP contribution is 2.39. The Kier molecular flexibility index (Phi) is 22.6. The van der Waals surface area contributed by atoms with Crippen LogP contribution < -0.4 is 0 Å². The molecule has 0 spiro atoms. The van der Waals surface area contributed by atoms with Crippen LogP contribution in [0.5, 0.6) is 0 Å². The minimum atomic E-state index is 0.450. The molecule has 348 valence electrons. The van der Waals surface area contributed by atoms with E-state index in [0.717, 1.165) is 29.8 Å². The van der Waals surface area contributed by atoms with Gasteiger partial charge in [0.15, 0.2) is 0 Å². The zero-order valence-corrected chi connectivity index (χ0v) is 42.4. The first kappa shape index (κ1) is 53.5. The summed E-state index contributed by atoms with van der Waals surface area (Å²) in [7, 11) is 0. The summed E-state index contributed by atoms with van der Waals surface area (Å²) in [6.07, 6.45) is 8.66. The highest BCUT2D eigenvalue weighted by molar-refractivity contribution is 6.15. The molecule has 1 atom stereocenters. The molecule has 2 heteroatoms. The average molecular weight is 895 g/mol. The average Bonchev–Trinajstić information content (AvgIpc) is 3.38. The molecule has 0 aliphatic carbocycles. The van der Waals surface area contributed by atoms with Crippen molar-refractivity contribution in [3.05, 3.63) is 236 Å². The second-order valence-corrected chi connectivity index (χ2v) is 16.9. The lowest BCUT2D eigenvalue weighted by Gasteiger charge is -2.16. The van der Waals surface area contributed by atoms with E-state index in [4.69, 9.17) is 4.99 Å². The van der Waals surface area contributed by atoms with Gasteiger partial charge in [0, 0.05) is 11.6 Å². The summed E-state index contributed by atoms with van der Waals surface area (Å²) in [5, 5.41) is 5.04. The lowest BCUT2D eigenvalue weighted by atomic mass is 9.93. The molecule has 0 N–H and O–H groups in total. The normalized spacial score (nSPS) is 11.5. The maximum absolute atomic E-state index is 5.10. The number of rotatable bonds is 11. The maximum atomic E-state index is 5.10. The number of nitrogens with zero attached hydrogens (tertiary/aromatic N) is 2. The van der Waals surface area contributed by atoms with Crippen LogP contribution in [0.2, 0.25) is 0 Å². The zero-order chi connectivity index (χ0) is 49.3. The van der Waals surface area contributed by atoms with E-state index in [1.54, 1.807) is 0 Å². The first-order chi connectivity index (χ1) is 33.1. The van der Waals surface area contributed by atoms with Crippen molar-refractivity contribution in [1.82, 2.24) is 0 Å². The Labute approximate surface area is 410 Å². The number of hydrogen-bond donors (Lipinski definition) is 0. The van der Waals surface area contributed by atoms with E-state index in [-0.39, 0.29) is 0 Å². The SMILES string of the molecule is C=C.C=C(C)c1cccc(-c2cccc(C)c2)c1.CC=Nc1c(C)c2ccccc2c2cc(-c3ccccc3)ccc12.CCC.CCC=C(N=C(c1ccccc1)C(C)CCC)c1ccccc1. The van der Waals surface area contributed by atoms with E-state index in [0.29, 0.717) is 5.92 Å². The molecular formula is C66H74N2. The van der Waals surface area contributed by atoms with Crippen molar-refractivity contribution in [2.24, 2.45) is 15.9 Å².